The van der Waals surface area contributed by atoms with Gasteiger partial charge in [0.15, 0.2) is 0 Å². The third-order valence-electron chi connectivity index (χ3n) is 5.03. The molecule has 0 N–H and O–H groups in total. The Morgan fingerprint density at radius 1 is 0.821 bits per heavy atom. The smallest absolute Gasteiger partial charge is 0.252 e. The van der Waals surface area contributed by atoms with Gasteiger partial charge < -0.3 is 0 Å². The van der Waals surface area contributed by atoms with Gasteiger partial charge in [0, 0.05) is 31.2 Å². The predicted octanol–water partition coefficient (Wildman–Crippen LogP) is 4.50. The van der Waals surface area contributed by atoms with Crippen LogP contribution in [0.4, 0.5) is 0 Å². The highest BCUT2D eigenvalue weighted by Crippen LogP contribution is 2.31. The molecule has 0 amide bonds. The van der Waals surface area contributed by atoms with Gasteiger partial charge in [-0.25, -0.2) is 8.42 Å². The highest BCUT2D eigenvalue weighted by molar-refractivity contribution is 7.91. The Labute approximate surface area is 175 Å². The topological polar surface area (TPSA) is 40.6 Å². The molecule has 3 aromatic rings. The SMILES string of the molecule is O=S(=O)(c1cccs1)N1CCN(C(c2ccccc2)c2ccc(Cl)cc2)CC1. The van der Waals surface area contributed by atoms with Crippen molar-refractivity contribution < 1.29 is 8.42 Å². The molecule has 4 rings (SSSR count). The van der Waals surface area contributed by atoms with Crippen LogP contribution >= 0.6 is 22.9 Å². The van der Waals surface area contributed by atoms with E-state index in [1.54, 1.807) is 21.8 Å². The van der Waals surface area contributed by atoms with Gasteiger partial charge in [0.2, 0.25) is 0 Å². The molecule has 1 saturated heterocycles. The number of rotatable bonds is 5. The summed E-state index contributed by atoms with van der Waals surface area (Å²) < 4.78 is 27.6. The quantitative estimate of drug-likeness (QED) is 0.596. The molecule has 0 radical (unpaired) electrons. The molecular weight excluding hydrogens is 412 g/mol. The second kappa shape index (κ2) is 8.35. The van der Waals surface area contributed by atoms with Crippen molar-refractivity contribution in [1.29, 1.82) is 0 Å². The highest BCUT2D eigenvalue weighted by atomic mass is 35.5. The van der Waals surface area contributed by atoms with Gasteiger partial charge >= 0.3 is 0 Å². The molecule has 1 fully saturated rings. The summed E-state index contributed by atoms with van der Waals surface area (Å²) in [6, 6.07) is 21.8. The molecule has 2 heterocycles. The molecule has 0 saturated carbocycles. The highest BCUT2D eigenvalue weighted by Gasteiger charge is 2.32. The van der Waals surface area contributed by atoms with Crippen molar-refractivity contribution in [2.45, 2.75) is 10.3 Å². The zero-order valence-electron chi connectivity index (χ0n) is 15.2. The molecule has 0 bridgehead atoms. The van der Waals surface area contributed by atoms with Crippen LogP contribution in [-0.4, -0.2) is 43.8 Å². The van der Waals surface area contributed by atoms with Crippen molar-refractivity contribution in [3.8, 4) is 0 Å². The fourth-order valence-electron chi connectivity index (χ4n) is 3.63. The Balaban J connectivity index is 1.57. The summed E-state index contributed by atoms with van der Waals surface area (Å²) in [5, 5.41) is 2.51. The summed E-state index contributed by atoms with van der Waals surface area (Å²) in [7, 11) is -3.39. The second-order valence-corrected chi connectivity index (χ2v) is 10.3. The summed E-state index contributed by atoms with van der Waals surface area (Å²) in [6.07, 6.45) is 0. The van der Waals surface area contributed by atoms with Crippen molar-refractivity contribution >= 4 is 33.0 Å². The first kappa shape index (κ1) is 19.6. The van der Waals surface area contributed by atoms with E-state index in [4.69, 9.17) is 11.6 Å². The normalized spacial score (nSPS) is 17.5. The lowest BCUT2D eigenvalue weighted by molar-refractivity contribution is 0.156. The van der Waals surface area contributed by atoms with E-state index in [2.05, 4.69) is 29.2 Å². The largest absolute Gasteiger partial charge is 0.290 e. The monoisotopic (exact) mass is 432 g/mol. The number of sulfonamides is 1. The average molecular weight is 433 g/mol. The fraction of sp³-hybridized carbons (Fsp3) is 0.238. The van der Waals surface area contributed by atoms with E-state index in [0.29, 0.717) is 35.4 Å². The van der Waals surface area contributed by atoms with Gasteiger partial charge in [-0.1, -0.05) is 60.1 Å². The zero-order chi connectivity index (χ0) is 19.6. The standard InChI is InChI=1S/C21H21ClN2O2S2/c22-19-10-8-18(9-11-19)21(17-5-2-1-3-6-17)23-12-14-24(15-13-23)28(25,26)20-7-4-16-27-20/h1-11,16,21H,12-15H2. The summed E-state index contributed by atoms with van der Waals surface area (Å²) in [5.41, 5.74) is 2.35. The van der Waals surface area contributed by atoms with Gasteiger partial charge in [-0.2, -0.15) is 4.31 Å². The molecule has 1 aliphatic rings. The lowest BCUT2D eigenvalue weighted by Crippen LogP contribution is -2.49. The molecule has 4 nitrogen and oxygen atoms in total. The third-order valence-corrected chi connectivity index (χ3v) is 8.55. The van der Waals surface area contributed by atoms with Crippen molar-refractivity contribution in [3.63, 3.8) is 0 Å². The van der Waals surface area contributed by atoms with Crippen LogP contribution in [0.25, 0.3) is 0 Å². The predicted molar refractivity (Wildman–Crippen MR) is 114 cm³/mol. The molecule has 1 atom stereocenters. The number of nitrogens with zero attached hydrogens (tertiary/aromatic N) is 2. The molecule has 0 spiro atoms. The molecule has 1 unspecified atom stereocenters. The van der Waals surface area contributed by atoms with Gasteiger partial charge in [-0.05, 0) is 34.7 Å². The zero-order valence-corrected chi connectivity index (χ0v) is 17.6. The molecule has 28 heavy (non-hydrogen) atoms. The van der Waals surface area contributed by atoms with Crippen molar-refractivity contribution in [1.82, 2.24) is 9.21 Å². The van der Waals surface area contributed by atoms with Crippen LogP contribution in [0.5, 0.6) is 0 Å². The van der Waals surface area contributed by atoms with Gasteiger partial charge in [0.1, 0.15) is 4.21 Å². The van der Waals surface area contributed by atoms with E-state index in [1.807, 2.05) is 30.3 Å². The fourth-order valence-corrected chi connectivity index (χ4v) is 6.33. The first-order valence-corrected chi connectivity index (χ1v) is 11.8. The number of benzene rings is 2. The number of thiophene rings is 1. The first-order valence-electron chi connectivity index (χ1n) is 9.14. The minimum atomic E-state index is -3.39. The Morgan fingerprint density at radius 2 is 1.46 bits per heavy atom. The van der Waals surface area contributed by atoms with Crippen LogP contribution < -0.4 is 0 Å². The molecule has 146 valence electrons. The Hall–Kier alpha value is -1.70. The van der Waals surface area contributed by atoms with Gasteiger partial charge in [-0.15, -0.1) is 11.3 Å². The van der Waals surface area contributed by atoms with Crippen LogP contribution in [0.2, 0.25) is 5.02 Å². The minimum Gasteiger partial charge on any atom is -0.290 e. The Bertz CT molecular complexity index is 998. The molecular formula is C21H21ClN2O2S2. The second-order valence-electron chi connectivity index (χ2n) is 6.74. The number of piperazine rings is 1. The lowest BCUT2D eigenvalue weighted by Gasteiger charge is -2.39. The van der Waals surface area contributed by atoms with E-state index in [1.165, 1.54) is 16.9 Å². The maximum Gasteiger partial charge on any atom is 0.252 e. The Kier molecular flexibility index (Phi) is 5.85. The number of hydrogen-bond acceptors (Lipinski definition) is 4. The van der Waals surface area contributed by atoms with Crippen LogP contribution in [0.15, 0.2) is 76.3 Å². The summed E-state index contributed by atoms with van der Waals surface area (Å²) >= 11 is 7.35. The van der Waals surface area contributed by atoms with Crippen LogP contribution in [0.3, 0.4) is 0 Å². The van der Waals surface area contributed by atoms with Gasteiger partial charge in [0.25, 0.3) is 10.0 Å². The number of halogens is 1. The van der Waals surface area contributed by atoms with E-state index >= 15 is 0 Å². The van der Waals surface area contributed by atoms with Crippen molar-refractivity contribution in [3.05, 3.63) is 88.3 Å². The van der Waals surface area contributed by atoms with E-state index in [9.17, 15) is 8.42 Å². The first-order chi connectivity index (χ1) is 13.6. The minimum absolute atomic E-state index is 0.0741. The third kappa shape index (κ3) is 4.02. The summed E-state index contributed by atoms with van der Waals surface area (Å²) in [5.74, 6) is 0. The maximum absolute atomic E-state index is 12.8. The molecule has 7 heteroatoms. The Morgan fingerprint density at radius 3 is 2.07 bits per heavy atom. The van der Waals surface area contributed by atoms with Crippen molar-refractivity contribution in [2.24, 2.45) is 0 Å². The van der Waals surface area contributed by atoms with E-state index in [-0.39, 0.29) is 6.04 Å². The van der Waals surface area contributed by atoms with E-state index in [0.717, 1.165) is 5.56 Å². The maximum atomic E-state index is 12.8. The number of hydrogen-bond donors (Lipinski definition) is 0. The summed E-state index contributed by atoms with van der Waals surface area (Å²) in [6.45, 7) is 2.31. The summed E-state index contributed by atoms with van der Waals surface area (Å²) in [4.78, 5) is 2.35. The molecule has 0 aliphatic carbocycles. The van der Waals surface area contributed by atoms with Gasteiger partial charge in [0.05, 0.1) is 6.04 Å². The molecule has 2 aromatic carbocycles. The average Bonchev–Trinajstić information content (AvgIpc) is 3.27. The molecule has 1 aromatic heterocycles. The lowest BCUT2D eigenvalue weighted by atomic mass is 9.96. The van der Waals surface area contributed by atoms with Gasteiger partial charge in [-0.3, -0.25) is 4.90 Å². The van der Waals surface area contributed by atoms with Crippen LogP contribution in [0.1, 0.15) is 17.2 Å². The van der Waals surface area contributed by atoms with E-state index < -0.39 is 10.0 Å². The van der Waals surface area contributed by atoms with Crippen LogP contribution in [-0.2, 0) is 10.0 Å². The van der Waals surface area contributed by atoms with Crippen LogP contribution in [0, 0.1) is 0 Å². The molecule has 1 aliphatic heterocycles. The van der Waals surface area contributed by atoms with Crippen molar-refractivity contribution in [2.75, 3.05) is 26.2 Å².